The fraction of sp³-hybridized carbons (Fsp3) is 0.421. The van der Waals surface area contributed by atoms with Crippen LogP contribution < -0.4 is 5.32 Å². The van der Waals surface area contributed by atoms with Gasteiger partial charge in [-0.15, -0.1) is 0 Å². The molecule has 1 N–H and O–H groups in total. The lowest BCUT2D eigenvalue weighted by atomic mass is 9.89. The van der Waals surface area contributed by atoms with E-state index in [0.29, 0.717) is 18.0 Å². The van der Waals surface area contributed by atoms with Gasteiger partial charge in [-0.25, -0.2) is 9.67 Å². The van der Waals surface area contributed by atoms with Crippen LogP contribution in [-0.2, 0) is 6.18 Å². The van der Waals surface area contributed by atoms with Crippen molar-refractivity contribution in [2.45, 2.75) is 38.3 Å². The zero-order valence-corrected chi connectivity index (χ0v) is 15.8. The molecule has 2 heterocycles. The van der Waals surface area contributed by atoms with Crippen molar-refractivity contribution in [2.24, 2.45) is 5.92 Å². The van der Waals surface area contributed by atoms with Crippen LogP contribution in [0.4, 0.5) is 13.2 Å². The first-order valence-electron chi connectivity index (χ1n) is 9.23. The maximum absolute atomic E-state index is 13.8. The molecular formula is C19H19F3N4OS. The third-order valence-corrected chi connectivity index (χ3v) is 6.03. The van der Waals surface area contributed by atoms with Crippen LogP contribution in [0.5, 0.6) is 0 Å². The predicted molar refractivity (Wildman–Crippen MR) is 101 cm³/mol. The standard InChI is InChI=1S/C19H19F3N4OS/c20-19(21,22)16-13(17(27)23-10-12-6-2-1-3-7-12)11-24-26(16)18-25-14-8-4-5-9-15(14)28-18/h4-5,8-9,11-12H,1-3,6-7,10H2,(H,23,27). The Morgan fingerprint density at radius 2 is 1.96 bits per heavy atom. The van der Waals surface area contributed by atoms with Crippen molar-refractivity contribution in [2.75, 3.05) is 6.54 Å². The van der Waals surface area contributed by atoms with Crippen molar-refractivity contribution in [3.63, 3.8) is 0 Å². The summed E-state index contributed by atoms with van der Waals surface area (Å²) in [6.07, 6.45) is 1.62. The average molecular weight is 408 g/mol. The number of para-hydroxylation sites is 1. The van der Waals surface area contributed by atoms with Crippen LogP contribution in [0.2, 0.25) is 0 Å². The van der Waals surface area contributed by atoms with Crippen LogP contribution >= 0.6 is 11.3 Å². The van der Waals surface area contributed by atoms with E-state index in [9.17, 15) is 18.0 Å². The number of benzene rings is 1. The van der Waals surface area contributed by atoms with Gasteiger partial charge in [-0.3, -0.25) is 4.79 Å². The zero-order valence-electron chi connectivity index (χ0n) is 15.0. The summed E-state index contributed by atoms with van der Waals surface area (Å²) < 4.78 is 42.8. The van der Waals surface area contributed by atoms with Crippen molar-refractivity contribution in [3.05, 3.63) is 41.7 Å². The lowest BCUT2D eigenvalue weighted by Crippen LogP contribution is -2.31. The minimum Gasteiger partial charge on any atom is -0.352 e. The van der Waals surface area contributed by atoms with Gasteiger partial charge in [-0.05, 0) is 30.9 Å². The maximum atomic E-state index is 13.8. The first-order valence-corrected chi connectivity index (χ1v) is 10.0. The number of carbonyl (C=O) groups excluding carboxylic acids is 1. The molecule has 1 aromatic carbocycles. The van der Waals surface area contributed by atoms with E-state index in [-0.39, 0.29) is 5.13 Å². The molecule has 0 aliphatic heterocycles. The van der Waals surface area contributed by atoms with Crippen LogP contribution in [0.15, 0.2) is 30.5 Å². The van der Waals surface area contributed by atoms with Crippen molar-refractivity contribution in [1.29, 1.82) is 0 Å². The highest BCUT2D eigenvalue weighted by molar-refractivity contribution is 7.20. The number of aromatic nitrogens is 3. The minimum atomic E-state index is -4.73. The number of amides is 1. The van der Waals surface area contributed by atoms with Gasteiger partial charge >= 0.3 is 6.18 Å². The smallest absolute Gasteiger partial charge is 0.352 e. The van der Waals surface area contributed by atoms with E-state index in [2.05, 4.69) is 15.4 Å². The van der Waals surface area contributed by atoms with Crippen LogP contribution in [0.1, 0.15) is 48.2 Å². The SMILES string of the molecule is O=C(NCC1CCCCC1)c1cnn(-c2nc3ccccc3s2)c1C(F)(F)F. The van der Waals surface area contributed by atoms with Gasteiger partial charge in [-0.1, -0.05) is 42.7 Å². The first kappa shape index (κ1) is 18.9. The topological polar surface area (TPSA) is 59.8 Å². The Morgan fingerprint density at radius 3 is 2.68 bits per heavy atom. The van der Waals surface area contributed by atoms with Crippen molar-refractivity contribution in [1.82, 2.24) is 20.1 Å². The molecule has 0 spiro atoms. The number of nitrogens with one attached hydrogen (secondary N) is 1. The number of thiazole rings is 1. The van der Waals surface area contributed by atoms with Gasteiger partial charge in [-0.2, -0.15) is 18.3 Å². The molecule has 148 valence electrons. The summed E-state index contributed by atoms with van der Waals surface area (Å²) in [5, 5.41) is 6.59. The molecule has 4 rings (SSSR count). The Kier molecular flexibility index (Phi) is 5.09. The van der Waals surface area contributed by atoms with E-state index < -0.39 is 23.3 Å². The summed E-state index contributed by atoms with van der Waals surface area (Å²) in [5.41, 5.74) is -0.968. The summed E-state index contributed by atoms with van der Waals surface area (Å²) in [6, 6.07) is 7.07. The molecule has 1 fully saturated rings. The molecule has 2 aromatic heterocycles. The second kappa shape index (κ2) is 7.54. The quantitative estimate of drug-likeness (QED) is 0.674. The lowest BCUT2D eigenvalue weighted by Gasteiger charge is -2.21. The Morgan fingerprint density at radius 1 is 1.21 bits per heavy atom. The molecule has 28 heavy (non-hydrogen) atoms. The van der Waals surface area contributed by atoms with Gasteiger partial charge < -0.3 is 5.32 Å². The van der Waals surface area contributed by atoms with Crippen LogP contribution in [0.25, 0.3) is 15.3 Å². The minimum absolute atomic E-state index is 0.0832. The highest BCUT2D eigenvalue weighted by Gasteiger charge is 2.41. The van der Waals surface area contributed by atoms with Crippen molar-refractivity contribution in [3.8, 4) is 5.13 Å². The Bertz CT molecular complexity index is 956. The monoisotopic (exact) mass is 408 g/mol. The maximum Gasteiger partial charge on any atom is 0.434 e. The molecule has 0 saturated heterocycles. The van der Waals surface area contributed by atoms with Gasteiger partial charge in [0, 0.05) is 6.54 Å². The summed E-state index contributed by atoms with van der Waals surface area (Å²) >= 11 is 1.10. The molecule has 1 saturated carbocycles. The normalized spacial score (nSPS) is 15.8. The zero-order chi connectivity index (χ0) is 19.7. The Labute approximate surface area is 163 Å². The van der Waals surface area contributed by atoms with E-state index in [0.717, 1.165) is 52.6 Å². The summed E-state index contributed by atoms with van der Waals surface area (Å²) in [7, 11) is 0. The van der Waals surface area contributed by atoms with Gasteiger partial charge in [0.05, 0.1) is 22.0 Å². The predicted octanol–water partition coefficient (Wildman–Crippen LogP) is 4.81. The number of fused-ring (bicyclic) bond motifs is 1. The molecule has 0 atom stereocenters. The van der Waals surface area contributed by atoms with E-state index in [1.165, 1.54) is 6.42 Å². The summed E-state index contributed by atoms with van der Waals surface area (Å²) in [6.45, 7) is 0.391. The number of carbonyl (C=O) groups is 1. The number of nitrogens with zero attached hydrogens (tertiary/aromatic N) is 3. The third kappa shape index (κ3) is 3.76. The Hall–Kier alpha value is -2.42. The summed E-state index contributed by atoms with van der Waals surface area (Å²) in [4.78, 5) is 16.7. The first-order chi connectivity index (χ1) is 13.4. The number of halogens is 3. The number of hydrogen-bond acceptors (Lipinski definition) is 4. The lowest BCUT2D eigenvalue weighted by molar-refractivity contribution is -0.143. The Balaban J connectivity index is 1.63. The molecule has 3 aromatic rings. The molecule has 1 amide bonds. The number of rotatable bonds is 4. The van der Waals surface area contributed by atoms with E-state index in [4.69, 9.17) is 0 Å². The molecule has 1 aliphatic rings. The fourth-order valence-corrected chi connectivity index (χ4v) is 4.54. The highest BCUT2D eigenvalue weighted by Crippen LogP contribution is 2.35. The van der Waals surface area contributed by atoms with Gasteiger partial charge in [0.1, 0.15) is 0 Å². The van der Waals surface area contributed by atoms with Crippen molar-refractivity contribution >= 4 is 27.5 Å². The number of alkyl halides is 3. The molecule has 0 bridgehead atoms. The third-order valence-electron chi connectivity index (χ3n) is 5.02. The van der Waals surface area contributed by atoms with Crippen LogP contribution in [0, 0.1) is 5.92 Å². The molecule has 5 nitrogen and oxygen atoms in total. The van der Waals surface area contributed by atoms with Crippen LogP contribution in [0.3, 0.4) is 0 Å². The van der Waals surface area contributed by atoms with Crippen LogP contribution in [-0.4, -0.2) is 27.2 Å². The number of hydrogen-bond donors (Lipinski definition) is 1. The largest absolute Gasteiger partial charge is 0.434 e. The molecule has 9 heteroatoms. The van der Waals surface area contributed by atoms with Gasteiger partial charge in [0.25, 0.3) is 5.91 Å². The molecular weight excluding hydrogens is 389 g/mol. The highest BCUT2D eigenvalue weighted by atomic mass is 32.1. The molecule has 0 radical (unpaired) electrons. The fourth-order valence-electron chi connectivity index (χ4n) is 3.61. The van der Waals surface area contributed by atoms with E-state index in [1.54, 1.807) is 24.3 Å². The summed E-state index contributed by atoms with van der Waals surface area (Å²) in [5.74, 6) is -0.420. The van der Waals surface area contributed by atoms with E-state index >= 15 is 0 Å². The molecule has 0 unspecified atom stereocenters. The van der Waals surface area contributed by atoms with Crippen molar-refractivity contribution < 1.29 is 18.0 Å². The second-order valence-corrected chi connectivity index (χ2v) is 8.00. The van der Waals surface area contributed by atoms with Gasteiger partial charge in [0.2, 0.25) is 5.13 Å². The van der Waals surface area contributed by atoms with Gasteiger partial charge in [0.15, 0.2) is 5.69 Å². The second-order valence-electron chi connectivity index (χ2n) is 6.99. The average Bonchev–Trinajstić information content (AvgIpc) is 3.30. The molecule has 1 aliphatic carbocycles. The van der Waals surface area contributed by atoms with E-state index in [1.807, 2.05) is 0 Å².